The van der Waals surface area contributed by atoms with Crippen molar-refractivity contribution in [3.8, 4) is 0 Å². The molecular formula is C13H22ClN3OS. The molecule has 3 N–H and O–H groups in total. The predicted molar refractivity (Wildman–Crippen MR) is 80.6 cm³/mol. The van der Waals surface area contributed by atoms with Crippen molar-refractivity contribution in [3.63, 3.8) is 0 Å². The van der Waals surface area contributed by atoms with Crippen molar-refractivity contribution < 1.29 is 4.74 Å². The first-order chi connectivity index (χ1) is 9.10. The molecule has 0 saturated carbocycles. The lowest BCUT2D eigenvalue weighted by atomic mass is 10.0. The SMILES string of the molecule is CC(C)N1CCOC(C(Cc2ccc(Cl)s2)NN)C1. The van der Waals surface area contributed by atoms with Crippen molar-refractivity contribution in [2.45, 2.75) is 38.5 Å². The molecule has 1 aliphatic heterocycles. The van der Waals surface area contributed by atoms with Crippen molar-refractivity contribution in [1.29, 1.82) is 0 Å². The van der Waals surface area contributed by atoms with Gasteiger partial charge in [0.15, 0.2) is 0 Å². The number of nitrogens with one attached hydrogen (secondary N) is 1. The van der Waals surface area contributed by atoms with Crippen LogP contribution in [0.3, 0.4) is 0 Å². The Labute approximate surface area is 123 Å². The highest BCUT2D eigenvalue weighted by Crippen LogP contribution is 2.24. The largest absolute Gasteiger partial charge is 0.374 e. The number of hydrogen-bond donors (Lipinski definition) is 2. The first-order valence-electron chi connectivity index (χ1n) is 6.66. The molecule has 108 valence electrons. The molecule has 0 aromatic carbocycles. The van der Waals surface area contributed by atoms with Gasteiger partial charge in [-0.25, -0.2) is 0 Å². The summed E-state index contributed by atoms with van der Waals surface area (Å²) in [6.45, 7) is 7.12. The lowest BCUT2D eigenvalue weighted by Crippen LogP contribution is -2.55. The van der Waals surface area contributed by atoms with E-state index in [4.69, 9.17) is 22.2 Å². The molecule has 0 aliphatic carbocycles. The molecule has 0 radical (unpaired) electrons. The molecule has 0 spiro atoms. The second-order valence-corrected chi connectivity index (χ2v) is 6.98. The van der Waals surface area contributed by atoms with Crippen LogP contribution >= 0.6 is 22.9 Å². The Morgan fingerprint density at radius 2 is 2.37 bits per heavy atom. The van der Waals surface area contributed by atoms with E-state index in [9.17, 15) is 0 Å². The van der Waals surface area contributed by atoms with Gasteiger partial charge in [-0.3, -0.25) is 16.2 Å². The summed E-state index contributed by atoms with van der Waals surface area (Å²) in [6.07, 6.45) is 0.979. The van der Waals surface area contributed by atoms with Crippen LogP contribution in [0.4, 0.5) is 0 Å². The van der Waals surface area contributed by atoms with Gasteiger partial charge < -0.3 is 4.74 Å². The average molecular weight is 304 g/mol. The van der Waals surface area contributed by atoms with Gasteiger partial charge in [0.25, 0.3) is 0 Å². The summed E-state index contributed by atoms with van der Waals surface area (Å²) in [5.41, 5.74) is 2.90. The van der Waals surface area contributed by atoms with E-state index in [0.29, 0.717) is 6.04 Å². The van der Waals surface area contributed by atoms with Crippen molar-refractivity contribution >= 4 is 22.9 Å². The van der Waals surface area contributed by atoms with Gasteiger partial charge in [0, 0.05) is 30.4 Å². The summed E-state index contributed by atoms with van der Waals surface area (Å²) in [4.78, 5) is 3.66. The minimum atomic E-state index is 0.122. The number of nitrogens with zero attached hydrogens (tertiary/aromatic N) is 1. The third kappa shape index (κ3) is 4.15. The fourth-order valence-corrected chi connectivity index (χ4v) is 3.53. The van der Waals surface area contributed by atoms with E-state index >= 15 is 0 Å². The molecule has 2 rings (SSSR count). The van der Waals surface area contributed by atoms with E-state index in [1.165, 1.54) is 4.88 Å². The van der Waals surface area contributed by atoms with E-state index in [2.05, 4.69) is 30.2 Å². The number of nitrogens with two attached hydrogens (primary N) is 1. The van der Waals surface area contributed by atoms with Crippen LogP contribution < -0.4 is 11.3 Å². The lowest BCUT2D eigenvalue weighted by Gasteiger charge is -2.38. The Bertz CT molecular complexity index is 399. The molecule has 6 heteroatoms. The van der Waals surface area contributed by atoms with Gasteiger partial charge in [0.1, 0.15) is 0 Å². The normalized spacial score (nSPS) is 22.9. The minimum Gasteiger partial charge on any atom is -0.374 e. The van der Waals surface area contributed by atoms with Crippen LogP contribution in [0.5, 0.6) is 0 Å². The monoisotopic (exact) mass is 303 g/mol. The fraction of sp³-hybridized carbons (Fsp3) is 0.692. The fourth-order valence-electron chi connectivity index (χ4n) is 2.38. The minimum absolute atomic E-state index is 0.122. The number of ether oxygens (including phenoxy) is 1. The Morgan fingerprint density at radius 1 is 1.58 bits per heavy atom. The van der Waals surface area contributed by atoms with Crippen molar-refractivity contribution in [2.75, 3.05) is 19.7 Å². The van der Waals surface area contributed by atoms with Gasteiger partial charge in [-0.15, -0.1) is 11.3 Å². The summed E-state index contributed by atoms with van der Waals surface area (Å²) in [6, 6.07) is 4.65. The number of rotatable bonds is 5. The number of morpholine rings is 1. The van der Waals surface area contributed by atoms with Gasteiger partial charge in [0.05, 0.1) is 23.1 Å². The third-order valence-corrected chi connectivity index (χ3v) is 4.82. The van der Waals surface area contributed by atoms with E-state index in [-0.39, 0.29) is 12.1 Å². The summed E-state index contributed by atoms with van der Waals surface area (Å²) in [5, 5.41) is 0. The van der Waals surface area contributed by atoms with E-state index in [1.807, 2.05) is 6.07 Å². The van der Waals surface area contributed by atoms with Gasteiger partial charge in [-0.05, 0) is 26.0 Å². The molecule has 0 bridgehead atoms. The maximum Gasteiger partial charge on any atom is 0.0931 e. The summed E-state index contributed by atoms with van der Waals surface area (Å²) in [7, 11) is 0. The number of hydrazine groups is 1. The summed E-state index contributed by atoms with van der Waals surface area (Å²) >= 11 is 7.57. The highest BCUT2D eigenvalue weighted by Gasteiger charge is 2.29. The van der Waals surface area contributed by atoms with Gasteiger partial charge in [-0.1, -0.05) is 11.6 Å². The smallest absolute Gasteiger partial charge is 0.0931 e. The van der Waals surface area contributed by atoms with Crippen LogP contribution in [0, 0.1) is 0 Å². The first kappa shape index (κ1) is 15.2. The Kier molecular flexibility index (Phi) is 5.62. The Balaban J connectivity index is 1.96. The van der Waals surface area contributed by atoms with Crippen LogP contribution in [0.2, 0.25) is 4.34 Å². The maximum absolute atomic E-state index is 5.96. The van der Waals surface area contributed by atoms with Crippen LogP contribution in [0.25, 0.3) is 0 Å². The quantitative estimate of drug-likeness (QED) is 0.644. The number of thiophene rings is 1. The van der Waals surface area contributed by atoms with E-state index in [0.717, 1.165) is 30.5 Å². The first-order valence-corrected chi connectivity index (χ1v) is 7.85. The molecule has 4 nitrogen and oxygen atoms in total. The second kappa shape index (κ2) is 7.02. The zero-order valence-corrected chi connectivity index (χ0v) is 13.0. The van der Waals surface area contributed by atoms with Crippen LogP contribution in [-0.4, -0.2) is 42.8 Å². The molecule has 1 fully saturated rings. The molecule has 2 unspecified atom stereocenters. The molecular weight excluding hydrogens is 282 g/mol. The second-order valence-electron chi connectivity index (χ2n) is 5.18. The molecule has 2 atom stereocenters. The molecule has 1 aromatic heterocycles. The van der Waals surface area contributed by atoms with Crippen LogP contribution in [0.1, 0.15) is 18.7 Å². The summed E-state index contributed by atoms with van der Waals surface area (Å²) < 4.78 is 6.70. The zero-order chi connectivity index (χ0) is 13.8. The molecule has 1 aromatic rings. The predicted octanol–water partition coefficient (Wildman–Crippen LogP) is 1.89. The maximum atomic E-state index is 5.96. The van der Waals surface area contributed by atoms with Crippen molar-refractivity contribution in [3.05, 3.63) is 21.3 Å². The average Bonchev–Trinajstić information content (AvgIpc) is 2.81. The van der Waals surface area contributed by atoms with Gasteiger partial charge in [-0.2, -0.15) is 0 Å². The zero-order valence-electron chi connectivity index (χ0n) is 11.4. The standard InChI is InChI=1S/C13H22ClN3OS/c1-9(2)17-5-6-18-12(8-17)11(16-15)7-10-3-4-13(14)19-10/h3-4,9,11-12,16H,5-8,15H2,1-2H3. The van der Waals surface area contributed by atoms with Crippen LogP contribution in [0.15, 0.2) is 12.1 Å². The Hall–Kier alpha value is -0.170. The highest BCUT2D eigenvalue weighted by molar-refractivity contribution is 7.16. The molecule has 19 heavy (non-hydrogen) atoms. The third-order valence-electron chi connectivity index (χ3n) is 3.57. The lowest BCUT2D eigenvalue weighted by molar-refractivity contribution is -0.0551. The topological polar surface area (TPSA) is 50.5 Å². The summed E-state index contributed by atoms with van der Waals surface area (Å²) in [5.74, 6) is 5.70. The van der Waals surface area contributed by atoms with Gasteiger partial charge in [0.2, 0.25) is 0 Å². The molecule has 0 amide bonds. The number of hydrogen-bond acceptors (Lipinski definition) is 5. The molecule has 1 aliphatic rings. The highest BCUT2D eigenvalue weighted by atomic mass is 35.5. The van der Waals surface area contributed by atoms with E-state index in [1.54, 1.807) is 11.3 Å². The Morgan fingerprint density at radius 3 is 2.95 bits per heavy atom. The molecule has 2 heterocycles. The number of halogens is 1. The van der Waals surface area contributed by atoms with Gasteiger partial charge >= 0.3 is 0 Å². The van der Waals surface area contributed by atoms with E-state index < -0.39 is 0 Å². The van der Waals surface area contributed by atoms with Crippen LogP contribution in [-0.2, 0) is 11.2 Å². The molecule has 1 saturated heterocycles. The van der Waals surface area contributed by atoms with Crippen molar-refractivity contribution in [2.24, 2.45) is 5.84 Å². The van der Waals surface area contributed by atoms with Crippen molar-refractivity contribution in [1.82, 2.24) is 10.3 Å².